The van der Waals surface area contributed by atoms with Gasteiger partial charge in [0, 0.05) is 40.7 Å². The van der Waals surface area contributed by atoms with Crippen LogP contribution in [0.2, 0.25) is 0 Å². The minimum absolute atomic E-state index is 0.0573. The van der Waals surface area contributed by atoms with Gasteiger partial charge in [-0.15, -0.1) is 0 Å². The first-order valence-corrected chi connectivity index (χ1v) is 10.5. The molecule has 2 atom stereocenters. The van der Waals surface area contributed by atoms with E-state index in [4.69, 9.17) is 15.2 Å². The SMILES string of the molecule is CCCC(=O)N(C)[C@H](COCCCN(C)C)C(=O)N(C)[C@@H](CC(C)(C)OC)C(N)=O. The van der Waals surface area contributed by atoms with Crippen LogP contribution in [-0.2, 0) is 23.9 Å². The first-order chi connectivity index (χ1) is 13.9. The van der Waals surface area contributed by atoms with Gasteiger partial charge in [-0.1, -0.05) is 6.92 Å². The van der Waals surface area contributed by atoms with Crippen molar-refractivity contribution in [2.24, 2.45) is 5.73 Å². The quantitative estimate of drug-likeness (QED) is 0.384. The molecular weight excluding hydrogens is 388 g/mol. The number of rotatable bonds is 15. The van der Waals surface area contributed by atoms with E-state index in [1.54, 1.807) is 14.2 Å². The van der Waals surface area contributed by atoms with Crippen LogP contribution in [0, 0.1) is 0 Å². The highest BCUT2D eigenvalue weighted by atomic mass is 16.5. The van der Waals surface area contributed by atoms with Crippen LogP contribution in [0.25, 0.3) is 0 Å². The summed E-state index contributed by atoms with van der Waals surface area (Å²) >= 11 is 0. The summed E-state index contributed by atoms with van der Waals surface area (Å²) in [4.78, 5) is 42.6. The molecule has 0 aromatic rings. The van der Waals surface area contributed by atoms with Gasteiger partial charge in [0.05, 0.1) is 12.2 Å². The monoisotopic (exact) mass is 430 g/mol. The van der Waals surface area contributed by atoms with E-state index < -0.39 is 23.6 Å². The predicted molar refractivity (Wildman–Crippen MR) is 117 cm³/mol. The molecule has 9 heteroatoms. The molecule has 0 aliphatic carbocycles. The summed E-state index contributed by atoms with van der Waals surface area (Å²) in [6.07, 6.45) is 2.06. The first kappa shape index (κ1) is 28.3. The molecule has 0 unspecified atom stereocenters. The molecule has 176 valence electrons. The van der Waals surface area contributed by atoms with Crippen molar-refractivity contribution >= 4 is 17.7 Å². The van der Waals surface area contributed by atoms with Gasteiger partial charge in [0.2, 0.25) is 17.7 Å². The lowest BCUT2D eigenvalue weighted by atomic mass is 9.97. The van der Waals surface area contributed by atoms with E-state index >= 15 is 0 Å². The maximum absolute atomic E-state index is 13.3. The lowest BCUT2D eigenvalue weighted by Gasteiger charge is -2.36. The van der Waals surface area contributed by atoms with Crippen molar-refractivity contribution in [3.8, 4) is 0 Å². The summed E-state index contributed by atoms with van der Waals surface area (Å²) in [7, 11) is 8.62. The third-order valence-corrected chi connectivity index (χ3v) is 5.16. The normalized spacial score (nSPS) is 13.8. The number of amides is 3. The molecule has 0 heterocycles. The van der Waals surface area contributed by atoms with Crippen LogP contribution in [0.3, 0.4) is 0 Å². The van der Waals surface area contributed by atoms with Crippen LogP contribution in [0.4, 0.5) is 0 Å². The summed E-state index contributed by atoms with van der Waals surface area (Å²) in [6, 6.07) is -1.70. The standard InChI is InChI=1S/C21H42N4O5/c1-9-11-18(26)24(6)17(15-30-13-10-12-23(4)5)20(28)25(7)16(19(22)27)14-21(2,3)29-8/h16-17H,9-15H2,1-8H3,(H2,22,27)/t16-,17+/m0/s1. The Hall–Kier alpha value is -1.71. The minimum atomic E-state index is -0.863. The molecule has 0 bridgehead atoms. The Labute approximate surface area is 181 Å². The smallest absolute Gasteiger partial charge is 0.248 e. The predicted octanol–water partition coefficient (Wildman–Crippen LogP) is 0.709. The zero-order chi connectivity index (χ0) is 23.5. The summed E-state index contributed by atoms with van der Waals surface area (Å²) in [5.41, 5.74) is 4.94. The highest BCUT2D eigenvalue weighted by Crippen LogP contribution is 2.20. The topological polar surface area (TPSA) is 105 Å². The van der Waals surface area contributed by atoms with Crippen molar-refractivity contribution < 1.29 is 23.9 Å². The number of nitrogens with two attached hydrogens (primary N) is 1. The molecule has 30 heavy (non-hydrogen) atoms. The van der Waals surface area contributed by atoms with Crippen molar-refractivity contribution in [1.82, 2.24) is 14.7 Å². The number of hydrogen-bond donors (Lipinski definition) is 1. The molecule has 0 radical (unpaired) electrons. The Morgan fingerprint density at radius 2 is 1.63 bits per heavy atom. The van der Waals surface area contributed by atoms with Crippen molar-refractivity contribution in [2.75, 3.05) is 55.1 Å². The van der Waals surface area contributed by atoms with E-state index in [1.807, 2.05) is 39.8 Å². The van der Waals surface area contributed by atoms with Crippen molar-refractivity contribution in [3.05, 3.63) is 0 Å². The molecule has 0 aliphatic heterocycles. The number of methoxy groups -OCH3 is 1. The Bertz CT molecular complexity index is 554. The van der Waals surface area contributed by atoms with Gasteiger partial charge in [-0.25, -0.2) is 0 Å². The Morgan fingerprint density at radius 1 is 1.03 bits per heavy atom. The number of carbonyl (C=O) groups excluding carboxylic acids is 3. The van der Waals surface area contributed by atoms with E-state index in [2.05, 4.69) is 0 Å². The molecule has 0 fully saturated rings. The van der Waals surface area contributed by atoms with Crippen LogP contribution in [0.15, 0.2) is 0 Å². The van der Waals surface area contributed by atoms with Crippen molar-refractivity contribution in [1.29, 1.82) is 0 Å². The van der Waals surface area contributed by atoms with E-state index in [0.717, 1.165) is 13.0 Å². The molecule has 0 saturated carbocycles. The molecule has 0 rings (SSSR count). The lowest BCUT2D eigenvalue weighted by Crippen LogP contribution is -2.56. The number of hydrogen-bond acceptors (Lipinski definition) is 6. The molecule has 3 amide bonds. The van der Waals surface area contributed by atoms with Gasteiger partial charge < -0.3 is 29.9 Å². The van der Waals surface area contributed by atoms with Gasteiger partial charge in [-0.2, -0.15) is 0 Å². The van der Waals surface area contributed by atoms with Gasteiger partial charge in [-0.05, 0) is 47.3 Å². The molecule has 0 saturated heterocycles. The van der Waals surface area contributed by atoms with Gasteiger partial charge in [0.25, 0.3) is 0 Å². The fourth-order valence-electron chi connectivity index (χ4n) is 2.96. The molecule has 9 nitrogen and oxygen atoms in total. The minimum Gasteiger partial charge on any atom is -0.379 e. The van der Waals surface area contributed by atoms with Crippen molar-refractivity contribution in [2.45, 2.75) is 64.1 Å². The fraction of sp³-hybridized carbons (Fsp3) is 0.857. The average molecular weight is 431 g/mol. The maximum Gasteiger partial charge on any atom is 0.248 e. The second-order valence-corrected chi connectivity index (χ2v) is 8.54. The Kier molecular flexibility index (Phi) is 12.8. The second kappa shape index (κ2) is 13.6. The molecular formula is C21H42N4O5. The summed E-state index contributed by atoms with van der Waals surface area (Å²) in [5, 5.41) is 0. The van der Waals surface area contributed by atoms with Gasteiger partial charge in [0.15, 0.2) is 0 Å². The van der Waals surface area contributed by atoms with Crippen LogP contribution in [-0.4, -0.2) is 105 Å². The van der Waals surface area contributed by atoms with E-state index in [9.17, 15) is 14.4 Å². The highest BCUT2D eigenvalue weighted by molar-refractivity contribution is 5.91. The van der Waals surface area contributed by atoms with E-state index in [0.29, 0.717) is 19.4 Å². The second-order valence-electron chi connectivity index (χ2n) is 8.54. The fourth-order valence-corrected chi connectivity index (χ4v) is 2.96. The zero-order valence-corrected chi connectivity index (χ0v) is 20.1. The molecule has 0 spiro atoms. The third-order valence-electron chi connectivity index (χ3n) is 5.16. The van der Waals surface area contributed by atoms with Crippen LogP contribution in [0.5, 0.6) is 0 Å². The maximum atomic E-state index is 13.3. The number of carbonyl (C=O) groups is 3. The Morgan fingerprint density at radius 3 is 2.10 bits per heavy atom. The zero-order valence-electron chi connectivity index (χ0n) is 20.1. The first-order valence-electron chi connectivity index (χ1n) is 10.5. The summed E-state index contributed by atoms with van der Waals surface area (Å²) in [6.45, 7) is 6.94. The van der Waals surface area contributed by atoms with Crippen LogP contribution >= 0.6 is 0 Å². The highest BCUT2D eigenvalue weighted by Gasteiger charge is 2.36. The summed E-state index contributed by atoms with van der Waals surface area (Å²) in [5.74, 6) is -1.15. The van der Waals surface area contributed by atoms with E-state index in [-0.39, 0.29) is 24.8 Å². The van der Waals surface area contributed by atoms with Crippen molar-refractivity contribution in [3.63, 3.8) is 0 Å². The van der Waals surface area contributed by atoms with Gasteiger partial charge in [-0.3, -0.25) is 14.4 Å². The lowest BCUT2D eigenvalue weighted by molar-refractivity contribution is -0.150. The van der Waals surface area contributed by atoms with E-state index in [1.165, 1.54) is 16.8 Å². The van der Waals surface area contributed by atoms with Gasteiger partial charge >= 0.3 is 0 Å². The number of nitrogens with zero attached hydrogens (tertiary/aromatic N) is 3. The molecule has 0 aromatic heterocycles. The number of primary amides is 1. The molecule has 2 N–H and O–H groups in total. The average Bonchev–Trinajstić information content (AvgIpc) is 2.67. The summed E-state index contributed by atoms with van der Waals surface area (Å²) < 4.78 is 11.1. The largest absolute Gasteiger partial charge is 0.379 e. The van der Waals surface area contributed by atoms with Gasteiger partial charge in [0.1, 0.15) is 12.1 Å². The Balaban J connectivity index is 5.42. The van der Waals surface area contributed by atoms with Crippen LogP contribution < -0.4 is 5.73 Å². The number of likely N-dealkylation sites (N-methyl/N-ethyl adjacent to an activating group) is 2. The molecule has 0 aromatic carbocycles. The number of ether oxygens (including phenoxy) is 2. The molecule has 0 aliphatic rings. The third kappa shape index (κ3) is 9.86. The van der Waals surface area contributed by atoms with Crippen LogP contribution in [0.1, 0.15) is 46.5 Å².